The molecule has 0 bridgehead atoms. The Morgan fingerprint density at radius 2 is 2.07 bits per heavy atom. The van der Waals surface area contributed by atoms with Gasteiger partial charge in [0.15, 0.2) is 0 Å². The van der Waals surface area contributed by atoms with Gasteiger partial charge in [-0.3, -0.25) is 4.79 Å². The van der Waals surface area contributed by atoms with Gasteiger partial charge >= 0.3 is 0 Å². The zero-order valence-corrected chi connectivity index (χ0v) is 9.34. The molecule has 0 aromatic heterocycles. The van der Waals surface area contributed by atoms with Crippen molar-refractivity contribution in [2.24, 2.45) is 0 Å². The van der Waals surface area contributed by atoms with Gasteiger partial charge in [0.1, 0.15) is 6.54 Å². The molecular formula is C10H19N3O2. The summed E-state index contributed by atoms with van der Waals surface area (Å²) in [6.45, 7) is 4.35. The molecule has 0 heterocycles. The molecule has 5 nitrogen and oxygen atoms in total. The molecule has 15 heavy (non-hydrogen) atoms. The zero-order valence-electron chi connectivity index (χ0n) is 9.34. The Balaban J connectivity index is 3.69. The smallest absolute Gasteiger partial charge is 0.234 e. The first-order valence-electron chi connectivity index (χ1n) is 5.14. The summed E-state index contributed by atoms with van der Waals surface area (Å²) >= 11 is 0. The lowest BCUT2D eigenvalue weighted by molar-refractivity contribution is -0.120. The Morgan fingerprint density at radius 1 is 1.47 bits per heavy atom. The van der Waals surface area contributed by atoms with E-state index in [0.29, 0.717) is 19.4 Å². The van der Waals surface area contributed by atoms with Crippen LogP contribution in [0.3, 0.4) is 0 Å². The van der Waals surface area contributed by atoms with E-state index in [1.165, 1.54) is 0 Å². The van der Waals surface area contributed by atoms with Crippen molar-refractivity contribution >= 4 is 5.91 Å². The van der Waals surface area contributed by atoms with Crippen LogP contribution in [0.2, 0.25) is 0 Å². The summed E-state index contributed by atoms with van der Waals surface area (Å²) in [6.07, 6.45) is 1.30. The molecule has 1 amide bonds. The molecule has 0 fully saturated rings. The second kappa shape index (κ2) is 7.21. The van der Waals surface area contributed by atoms with Crippen molar-refractivity contribution in [3.05, 3.63) is 0 Å². The number of carbonyl (C=O) groups is 1. The SMILES string of the molecule is CCC(O)(CC)CNCC(=O)NCC#N. The molecule has 0 spiro atoms. The van der Waals surface area contributed by atoms with E-state index in [9.17, 15) is 9.90 Å². The number of rotatable bonds is 7. The van der Waals surface area contributed by atoms with Crippen LogP contribution in [-0.2, 0) is 4.79 Å². The van der Waals surface area contributed by atoms with Gasteiger partial charge in [-0.1, -0.05) is 13.8 Å². The van der Waals surface area contributed by atoms with E-state index in [1.54, 1.807) is 0 Å². The minimum absolute atomic E-state index is 0.0202. The quantitative estimate of drug-likeness (QED) is 0.510. The number of hydrogen-bond acceptors (Lipinski definition) is 4. The molecular weight excluding hydrogens is 194 g/mol. The van der Waals surface area contributed by atoms with Crippen molar-refractivity contribution in [2.75, 3.05) is 19.6 Å². The van der Waals surface area contributed by atoms with Gasteiger partial charge < -0.3 is 15.7 Å². The Kier molecular flexibility index (Phi) is 6.67. The van der Waals surface area contributed by atoms with Crippen molar-refractivity contribution in [3.8, 4) is 6.07 Å². The highest BCUT2D eigenvalue weighted by atomic mass is 16.3. The summed E-state index contributed by atoms with van der Waals surface area (Å²) in [5.74, 6) is -0.230. The van der Waals surface area contributed by atoms with E-state index < -0.39 is 5.60 Å². The first kappa shape index (κ1) is 13.9. The van der Waals surface area contributed by atoms with Crippen LogP contribution in [0.5, 0.6) is 0 Å². The number of nitrogens with zero attached hydrogens (tertiary/aromatic N) is 1. The predicted molar refractivity (Wildman–Crippen MR) is 57.0 cm³/mol. The standard InChI is InChI=1S/C10H19N3O2/c1-3-10(15,4-2)8-12-7-9(14)13-6-5-11/h12,15H,3-4,6-8H2,1-2H3,(H,13,14). The van der Waals surface area contributed by atoms with Crippen LogP contribution in [0.15, 0.2) is 0 Å². The van der Waals surface area contributed by atoms with Crippen LogP contribution in [-0.4, -0.2) is 36.2 Å². The third-order valence-electron chi connectivity index (χ3n) is 2.42. The van der Waals surface area contributed by atoms with Crippen LogP contribution in [0.25, 0.3) is 0 Å². The average molecular weight is 213 g/mol. The molecule has 0 aromatic carbocycles. The van der Waals surface area contributed by atoms with Crippen molar-refractivity contribution in [1.29, 1.82) is 5.26 Å². The van der Waals surface area contributed by atoms with E-state index in [1.807, 2.05) is 19.9 Å². The number of nitriles is 1. The molecule has 3 N–H and O–H groups in total. The van der Waals surface area contributed by atoms with Gasteiger partial charge in [0.2, 0.25) is 5.91 Å². The number of aliphatic hydroxyl groups is 1. The molecule has 0 unspecified atom stereocenters. The van der Waals surface area contributed by atoms with Crippen LogP contribution in [0, 0.1) is 11.3 Å². The largest absolute Gasteiger partial charge is 0.389 e. The third kappa shape index (κ3) is 6.05. The molecule has 5 heteroatoms. The topological polar surface area (TPSA) is 85.2 Å². The van der Waals surface area contributed by atoms with Gasteiger partial charge in [0, 0.05) is 6.54 Å². The maximum Gasteiger partial charge on any atom is 0.234 e. The summed E-state index contributed by atoms with van der Waals surface area (Å²) in [4.78, 5) is 11.1. The fourth-order valence-corrected chi connectivity index (χ4v) is 1.11. The van der Waals surface area contributed by atoms with E-state index in [4.69, 9.17) is 5.26 Å². The highest BCUT2D eigenvalue weighted by Gasteiger charge is 2.21. The highest BCUT2D eigenvalue weighted by molar-refractivity contribution is 5.78. The molecule has 0 aliphatic heterocycles. The molecule has 0 aliphatic rings. The van der Waals surface area contributed by atoms with Crippen LogP contribution in [0.1, 0.15) is 26.7 Å². The van der Waals surface area contributed by atoms with Gasteiger partial charge in [0.05, 0.1) is 18.2 Å². The van der Waals surface area contributed by atoms with Crippen LogP contribution < -0.4 is 10.6 Å². The summed E-state index contributed by atoms with van der Waals surface area (Å²) in [5.41, 5.74) is -0.741. The molecule has 0 saturated carbocycles. The van der Waals surface area contributed by atoms with E-state index >= 15 is 0 Å². The maximum absolute atomic E-state index is 11.1. The molecule has 0 aliphatic carbocycles. The second-order valence-electron chi connectivity index (χ2n) is 3.47. The van der Waals surface area contributed by atoms with Crippen LogP contribution in [0.4, 0.5) is 0 Å². The second-order valence-corrected chi connectivity index (χ2v) is 3.47. The van der Waals surface area contributed by atoms with Gasteiger partial charge in [-0.2, -0.15) is 5.26 Å². The predicted octanol–water partition coefficient (Wildman–Crippen LogP) is -0.233. The van der Waals surface area contributed by atoms with Crippen molar-refractivity contribution in [3.63, 3.8) is 0 Å². The van der Waals surface area contributed by atoms with Crippen LogP contribution >= 0.6 is 0 Å². The minimum Gasteiger partial charge on any atom is -0.389 e. The summed E-state index contributed by atoms with van der Waals surface area (Å²) in [7, 11) is 0. The first-order valence-corrected chi connectivity index (χ1v) is 5.14. The number of hydrogen-bond donors (Lipinski definition) is 3. The lowest BCUT2D eigenvalue weighted by Crippen LogP contribution is -2.43. The monoisotopic (exact) mass is 213 g/mol. The Labute approximate surface area is 90.5 Å². The lowest BCUT2D eigenvalue weighted by atomic mass is 9.98. The van der Waals surface area contributed by atoms with Gasteiger partial charge in [0.25, 0.3) is 0 Å². The van der Waals surface area contributed by atoms with Crippen molar-refractivity contribution < 1.29 is 9.90 Å². The number of nitrogens with one attached hydrogen (secondary N) is 2. The molecule has 0 radical (unpaired) electrons. The fraction of sp³-hybridized carbons (Fsp3) is 0.800. The molecule has 0 atom stereocenters. The molecule has 0 aromatic rings. The molecule has 86 valence electrons. The zero-order chi connectivity index (χ0) is 11.7. The third-order valence-corrected chi connectivity index (χ3v) is 2.42. The Morgan fingerprint density at radius 3 is 2.53 bits per heavy atom. The molecule has 0 rings (SSSR count). The summed E-state index contributed by atoms with van der Waals surface area (Å²) in [5, 5.41) is 23.4. The first-order chi connectivity index (χ1) is 7.08. The summed E-state index contributed by atoms with van der Waals surface area (Å²) in [6, 6.07) is 1.82. The normalized spacial score (nSPS) is 10.8. The Bertz CT molecular complexity index is 231. The Hall–Kier alpha value is -1.12. The molecule has 0 saturated heterocycles. The summed E-state index contributed by atoms with van der Waals surface area (Å²) < 4.78 is 0. The van der Waals surface area contributed by atoms with Crippen molar-refractivity contribution in [1.82, 2.24) is 10.6 Å². The average Bonchev–Trinajstić information content (AvgIpc) is 2.26. The van der Waals surface area contributed by atoms with Gasteiger partial charge in [-0.15, -0.1) is 0 Å². The van der Waals surface area contributed by atoms with Gasteiger partial charge in [-0.05, 0) is 12.8 Å². The van der Waals surface area contributed by atoms with Crippen molar-refractivity contribution in [2.45, 2.75) is 32.3 Å². The van der Waals surface area contributed by atoms with Gasteiger partial charge in [-0.25, -0.2) is 0 Å². The van der Waals surface area contributed by atoms with E-state index in [0.717, 1.165) is 0 Å². The lowest BCUT2D eigenvalue weighted by Gasteiger charge is -2.25. The number of amides is 1. The fourth-order valence-electron chi connectivity index (χ4n) is 1.11. The van der Waals surface area contributed by atoms with E-state index in [-0.39, 0.29) is 19.0 Å². The maximum atomic E-state index is 11.1. The number of carbonyl (C=O) groups excluding carboxylic acids is 1. The van der Waals surface area contributed by atoms with E-state index in [2.05, 4.69) is 10.6 Å². The highest BCUT2D eigenvalue weighted by Crippen LogP contribution is 2.12. The minimum atomic E-state index is -0.741.